The van der Waals surface area contributed by atoms with E-state index in [9.17, 15) is 9.18 Å². The van der Waals surface area contributed by atoms with Crippen LogP contribution in [0.25, 0.3) is 11.3 Å². The van der Waals surface area contributed by atoms with Crippen molar-refractivity contribution < 1.29 is 13.9 Å². The van der Waals surface area contributed by atoms with Crippen molar-refractivity contribution in [2.75, 3.05) is 19.7 Å². The molecule has 29 heavy (non-hydrogen) atoms. The number of rotatable bonds is 5. The number of ether oxygens (including phenoxy) is 1. The average molecular weight is 398 g/mol. The fourth-order valence-electron chi connectivity index (χ4n) is 4.87. The molecule has 7 heteroatoms. The van der Waals surface area contributed by atoms with E-state index >= 15 is 0 Å². The Bertz CT molecular complexity index is 896. The summed E-state index contributed by atoms with van der Waals surface area (Å²) >= 11 is 0. The Balaban J connectivity index is 1.38. The largest absolute Gasteiger partial charge is 0.376 e. The summed E-state index contributed by atoms with van der Waals surface area (Å²) in [7, 11) is 0. The summed E-state index contributed by atoms with van der Waals surface area (Å²) in [6.45, 7) is 4.11. The van der Waals surface area contributed by atoms with Gasteiger partial charge in [-0.15, -0.1) is 5.10 Å². The van der Waals surface area contributed by atoms with Gasteiger partial charge >= 0.3 is 0 Å². The lowest BCUT2D eigenvalue weighted by Gasteiger charge is -2.37. The molecule has 5 rings (SSSR count). The molecule has 154 valence electrons. The lowest BCUT2D eigenvalue weighted by atomic mass is 9.77. The third kappa shape index (κ3) is 3.92. The van der Waals surface area contributed by atoms with Gasteiger partial charge in [0, 0.05) is 32.2 Å². The lowest BCUT2D eigenvalue weighted by Crippen LogP contribution is -2.38. The number of benzene rings is 1. The van der Waals surface area contributed by atoms with Crippen LogP contribution in [0.4, 0.5) is 4.39 Å². The lowest BCUT2D eigenvalue weighted by molar-refractivity contribution is -0.128. The highest BCUT2D eigenvalue weighted by atomic mass is 19.1. The van der Waals surface area contributed by atoms with Crippen LogP contribution in [0, 0.1) is 23.6 Å². The van der Waals surface area contributed by atoms with Crippen LogP contribution in [0.15, 0.2) is 30.5 Å². The molecule has 0 radical (unpaired) electrons. The van der Waals surface area contributed by atoms with Gasteiger partial charge in [-0.1, -0.05) is 17.3 Å². The normalized spacial score (nSPS) is 29.1. The number of hydrogen-bond acceptors (Lipinski definition) is 4. The maximum Gasteiger partial charge on any atom is 0.219 e. The van der Waals surface area contributed by atoms with E-state index in [-0.39, 0.29) is 23.9 Å². The molecule has 1 aliphatic heterocycles. The maximum absolute atomic E-state index is 13.6. The van der Waals surface area contributed by atoms with Gasteiger partial charge in [-0.25, -0.2) is 9.07 Å². The molecule has 3 aliphatic rings. The van der Waals surface area contributed by atoms with Gasteiger partial charge in [0.1, 0.15) is 11.5 Å². The van der Waals surface area contributed by atoms with Crippen LogP contribution in [-0.4, -0.2) is 51.6 Å². The summed E-state index contributed by atoms with van der Waals surface area (Å²) in [6, 6.07) is 6.53. The second-order valence-corrected chi connectivity index (χ2v) is 8.89. The Morgan fingerprint density at radius 3 is 2.76 bits per heavy atom. The predicted octanol–water partition coefficient (Wildman–Crippen LogP) is 3.31. The van der Waals surface area contributed by atoms with Crippen molar-refractivity contribution >= 4 is 5.91 Å². The van der Waals surface area contributed by atoms with Crippen molar-refractivity contribution in [2.24, 2.45) is 17.8 Å². The minimum Gasteiger partial charge on any atom is -0.376 e. The van der Waals surface area contributed by atoms with E-state index in [1.807, 2.05) is 21.8 Å². The number of halogens is 1. The molecule has 0 N–H and O–H groups in total. The summed E-state index contributed by atoms with van der Waals surface area (Å²) in [4.78, 5) is 13.8. The number of fused-ring (bicyclic) bond motifs is 1. The van der Waals surface area contributed by atoms with E-state index in [2.05, 4.69) is 10.3 Å². The average Bonchev–Trinajstić information content (AvgIpc) is 3.23. The molecule has 2 aliphatic carbocycles. The number of carbonyl (C=O) groups is 1. The zero-order chi connectivity index (χ0) is 20.0. The molecule has 2 aromatic rings. The SMILES string of the molecule is CC(=O)N1C[C@H]2C[C@@H](n3cc(-c4cccc(F)c4)nn3)[C@H](OCC3CC3)C[C@H]2C1. The molecular formula is C22H27FN4O2. The molecule has 2 heterocycles. The third-order valence-electron chi connectivity index (χ3n) is 6.74. The predicted molar refractivity (Wildman–Crippen MR) is 105 cm³/mol. The number of amides is 1. The fourth-order valence-corrected chi connectivity index (χ4v) is 4.87. The van der Waals surface area contributed by atoms with Crippen molar-refractivity contribution in [3.05, 3.63) is 36.3 Å². The van der Waals surface area contributed by atoms with Gasteiger partial charge in [-0.2, -0.15) is 0 Å². The van der Waals surface area contributed by atoms with Gasteiger partial charge < -0.3 is 9.64 Å². The highest BCUT2D eigenvalue weighted by Crippen LogP contribution is 2.43. The zero-order valence-corrected chi connectivity index (χ0v) is 16.7. The van der Waals surface area contributed by atoms with Crippen molar-refractivity contribution in [1.29, 1.82) is 0 Å². The van der Waals surface area contributed by atoms with Crippen molar-refractivity contribution in [2.45, 2.75) is 44.8 Å². The first-order chi connectivity index (χ1) is 14.1. The summed E-state index contributed by atoms with van der Waals surface area (Å²) in [5, 5.41) is 8.69. The Labute approximate surface area is 170 Å². The highest BCUT2D eigenvalue weighted by Gasteiger charge is 2.44. The number of likely N-dealkylation sites (tertiary alicyclic amines) is 1. The second-order valence-electron chi connectivity index (χ2n) is 8.89. The van der Waals surface area contributed by atoms with Crippen LogP contribution < -0.4 is 0 Å². The molecule has 4 atom stereocenters. The molecule has 0 unspecified atom stereocenters. The quantitative estimate of drug-likeness (QED) is 0.775. The molecule has 1 aromatic carbocycles. The molecule has 2 saturated carbocycles. The Morgan fingerprint density at radius 2 is 2.03 bits per heavy atom. The van der Waals surface area contributed by atoms with Gasteiger partial charge in [-0.3, -0.25) is 4.79 Å². The van der Waals surface area contributed by atoms with Gasteiger partial charge in [0.15, 0.2) is 0 Å². The van der Waals surface area contributed by atoms with Crippen LogP contribution in [0.3, 0.4) is 0 Å². The summed E-state index contributed by atoms with van der Waals surface area (Å²) in [5.41, 5.74) is 1.40. The van der Waals surface area contributed by atoms with E-state index in [4.69, 9.17) is 4.74 Å². The van der Waals surface area contributed by atoms with Crippen LogP contribution >= 0.6 is 0 Å². The van der Waals surface area contributed by atoms with Gasteiger partial charge in [-0.05, 0) is 55.6 Å². The van der Waals surface area contributed by atoms with Crippen molar-refractivity contribution in [3.63, 3.8) is 0 Å². The summed E-state index contributed by atoms with van der Waals surface area (Å²) in [6.07, 6.45) is 6.37. The molecule has 1 aromatic heterocycles. The Morgan fingerprint density at radius 1 is 1.24 bits per heavy atom. The summed E-state index contributed by atoms with van der Waals surface area (Å²) < 4.78 is 21.9. The molecule has 0 spiro atoms. The first kappa shape index (κ1) is 18.7. The van der Waals surface area contributed by atoms with Gasteiger partial charge in [0.2, 0.25) is 5.91 Å². The molecule has 6 nitrogen and oxygen atoms in total. The zero-order valence-electron chi connectivity index (χ0n) is 16.7. The molecule has 3 fully saturated rings. The number of aromatic nitrogens is 3. The van der Waals surface area contributed by atoms with Crippen LogP contribution in [0.1, 0.15) is 38.6 Å². The number of carbonyl (C=O) groups excluding carboxylic acids is 1. The Hall–Kier alpha value is -2.28. The Kier molecular flexibility index (Phi) is 4.86. The topological polar surface area (TPSA) is 60.2 Å². The smallest absolute Gasteiger partial charge is 0.219 e. The minimum atomic E-state index is -0.279. The molecule has 1 amide bonds. The third-order valence-corrected chi connectivity index (χ3v) is 6.74. The fraction of sp³-hybridized carbons (Fsp3) is 0.591. The van der Waals surface area contributed by atoms with Crippen molar-refractivity contribution in [1.82, 2.24) is 19.9 Å². The summed E-state index contributed by atoms with van der Waals surface area (Å²) in [5.74, 6) is 1.53. The van der Waals surface area contributed by atoms with Gasteiger partial charge in [0.05, 0.1) is 18.3 Å². The van der Waals surface area contributed by atoms with Crippen molar-refractivity contribution in [3.8, 4) is 11.3 Å². The van der Waals surface area contributed by atoms with Crippen LogP contribution in [-0.2, 0) is 9.53 Å². The minimum absolute atomic E-state index is 0.0748. The van der Waals surface area contributed by atoms with Crippen LogP contribution in [0.5, 0.6) is 0 Å². The monoisotopic (exact) mass is 398 g/mol. The second kappa shape index (κ2) is 7.52. The van der Waals surface area contributed by atoms with E-state index < -0.39 is 0 Å². The van der Waals surface area contributed by atoms with E-state index in [1.54, 1.807) is 13.0 Å². The van der Waals surface area contributed by atoms with Gasteiger partial charge in [0.25, 0.3) is 0 Å². The molecular weight excluding hydrogens is 371 g/mol. The van der Waals surface area contributed by atoms with Crippen LogP contribution in [0.2, 0.25) is 0 Å². The standard InChI is InChI=1S/C22H27FN4O2/c1-14(28)26-10-17-8-21(22(9-18(17)11-26)29-13-15-5-6-15)27-12-20(24-25-27)16-3-2-4-19(23)7-16/h2-4,7,12,15,17-18,21-22H,5-6,8-11,13H2,1H3/t17-,18+,21-,22-/m1/s1. The molecule has 0 bridgehead atoms. The highest BCUT2D eigenvalue weighted by molar-refractivity contribution is 5.73. The molecule has 1 saturated heterocycles. The first-order valence-corrected chi connectivity index (χ1v) is 10.6. The number of nitrogens with zero attached hydrogens (tertiary/aromatic N) is 4. The van der Waals surface area contributed by atoms with E-state index in [0.717, 1.165) is 38.1 Å². The van der Waals surface area contributed by atoms with E-state index in [1.165, 1.54) is 25.0 Å². The number of hydrogen-bond donors (Lipinski definition) is 0. The maximum atomic E-state index is 13.6. The van der Waals surface area contributed by atoms with E-state index in [0.29, 0.717) is 23.4 Å². The first-order valence-electron chi connectivity index (χ1n) is 10.6.